The number of ether oxygens (including phenoxy) is 2. The Kier molecular flexibility index (Phi) is 6.66. The van der Waals surface area contributed by atoms with E-state index in [0.29, 0.717) is 40.6 Å². The van der Waals surface area contributed by atoms with Crippen LogP contribution in [0.5, 0.6) is 5.75 Å². The lowest BCUT2D eigenvalue weighted by molar-refractivity contribution is 0.0679. The maximum atomic E-state index is 15.1. The molecule has 1 aromatic carbocycles. The monoisotopic (exact) mass is 513 g/mol. The summed E-state index contributed by atoms with van der Waals surface area (Å²) in [4.78, 5) is 11.2. The second-order valence-electron chi connectivity index (χ2n) is 10.1. The number of aromatic nitrogens is 3. The third kappa shape index (κ3) is 4.73. The van der Waals surface area contributed by atoms with Crippen molar-refractivity contribution in [2.45, 2.75) is 37.8 Å². The van der Waals surface area contributed by atoms with Crippen LogP contribution in [0.25, 0.3) is 22.2 Å². The SMILES string of the molecule is Nc1ncnc2c1c(-c1cc(OCC3CCCO3)ccc1F)cn2C1CC(CN2CCS(=O)CC2)C1. The van der Waals surface area contributed by atoms with Crippen molar-refractivity contribution in [3.05, 3.63) is 36.5 Å². The fourth-order valence-corrected chi connectivity index (χ4v) is 6.78. The van der Waals surface area contributed by atoms with Gasteiger partial charge in [0.15, 0.2) is 0 Å². The molecule has 2 saturated heterocycles. The van der Waals surface area contributed by atoms with Gasteiger partial charge in [-0.15, -0.1) is 0 Å². The van der Waals surface area contributed by atoms with Gasteiger partial charge in [0.2, 0.25) is 0 Å². The number of nitrogens with zero attached hydrogens (tertiary/aromatic N) is 4. The second kappa shape index (κ2) is 10.1. The molecular weight excluding hydrogens is 481 g/mol. The first-order valence-electron chi connectivity index (χ1n) is 12.8. The number of nitrogens with two attached hydrogens (primary N) is 1. The standard InChI is InChI=1S/C26H32FN5O3S/c27-23-4-3-19(35-15-20-2-1-7-34-20)12-21(23)22-14-32(26-24(22)25(28)29-16-30-26)18-10-17(11-18)13-31-5-8-36(33)9-6-31/h3-4,12,14,16-18,20H,1-2,5-11,13,15H2,(H2,28,29,30). The molecule has 6 rings (SSSR count). The Balaban J connectivity index is 1.23. The summed E-state index contributed by atoms with van der Waals surface area (Å²) >= 11 is 0. The molecule has 0 spiro atoms. The van der Waals surface area contributed by atoms with Crippen molar-refractivity contribution in [3.63, 3.8) is 0 Å². The van der Waals surface area contributed by atoms with Crippen molar-refractivity contribution in [1.29, 1.82) is 0 Å². The fraction of sp³-hybridized carbons (Fsp3) is 0.538. The van der Waals surface area contributed by atoms with Gasteiger partial charge < -0.3 is 24.7 Å². The van der Waals surface area contributed by atoms with E-state index in [1.807, 2.05) is 6.20 Å². The van der Waals surface area contributed by atoms with Crippen molar-refractivity contribution in [1.82, 2.24) is 19.4 Å². The molecule has 1 saturated carbocycles. The van der Waals surface area contributed by atoms with Gasteiger partial charge in [0.25, 0.3) is 0 Å². The summed E-state index contributed by atoms with van der Waals surface area (Å²) in [6.07, 6.45) is 7.61. The molecule has 1 atom stereocenters. The number of benzene rings is 1. The van der Waals surface area contributed by atoms with Crippen LogP contribution in [0.15, 0.2) is 30.7 Å². The Bertz CT molecular complexity index is 1260. The van der Waals surface area contributed by atoms with E-state index in [2.05, 4.69) is 19.4 Å². The highest BCUT2D eigenvalue weighted by molar-refractivity contribution is 7.85. The van der Waals surface area contributed by atoms with E-state index in [-0.39, 0.29) is 18.0 Å². The predicted octanol–water partition coefficient (Wildman–Crippen LogP) is 3.39. The Morgan fingerprint density at radius 2 is 2.03 bits per heavy atom. The third-order valence-corrected chi connectivity index (χ3v) is 8.99. The minimum absolute atomic E-state index is 0.0862. The van der Waals surface area contributed by atoms with Gasteiger partial charge in [-0.3, -0.25) is 4.21 Å². The molecule has 1 aliphatic carbocycles. The number of hydrogen-bond acceptors (Lipinski definition) is 7. The highest BCUT2D eigenvalue weighted by Gasteiger charge is 2.34. The van der Waals surface area contributed by atoms with Crippen molar-refractivity contribution < 1.29 is 18.1 Å². The summed E-state index contributed by atoms with van der Waals surface area (Å²) in [6, 6.07) is 5.11. The minimum atomic E-state index is -0.654. The van der Waals surface area contributed by atoms with Crippen molar-refractivity contribution >= 4 is 27.7 Å². The summed E-state index contributed by atoms with van der Waals surface area (Å²) in [5.41, 5.74) is 8.15. The zero-order chi connectivity index (χ0) is 24.6. The van der Waals surface area contributed by atoms with Gasteiger partial charge in [-0.1, -0.05) is 0 Å². The molecule has 1 unspecified atom stereocenters. The molecular formula is C26H32FN5O3S. The van der Waals surface area contributed by atoms with E-state index in [4.69, 9.17) is 15.2 Å². The number of rotatable bonds is 7. The van der Waals surface area contributed by atoms with Crippen molar-refractivity contribution in [3.8, 4) is 16.9 Å². The van der Waals surface area contributed by atoms with Crippen LogP contribution >= 0.6 is 0 Å². The number of nitrogen functional groups attached to an aromatic ring is 1. The van der Waals surface area contributed by atoms with Gasteiger partial charge in [-0.25, -0.2) is 14.4 Å². The second-order valence-corrected chi connectivity index (χ2v) is 11.8. The van der Waals surface area contributed by atoms with Crippen molar-refractivity contribution in [2.24, 2.45) is 5.92 Å². The molecule has 4 heterocycles. The molecule has 0 radical (unpaired) electrons. The van der Waals surface area contributed by atoms with Gasteiger partial charge >= 0.3 is 0 Å². The average molecular weight is 514 g/mol. The average Bonchev–Trinajstić information content (AvgIpc) is 3.51. The number of anilines is 1. The normalized spacial score (nSPS) is 25.3. The number of hydrogen-bond donors (Lipinski definition) is 1. The van der Waals surface area contributed by atoms with Crippen LogP contribution in [0.2, 0.25) is 0 Å². The van der Waals surface area contributed by atoms with Gasteiger partial charge in [0, 0.05) is 71.9 Å². The fourth-order valence-electron chi connectivity index (χ4n) is 5.66. The van der Waals surface area contributed by atoms with Crippen LogP contribution in [0, 0.1) is 11.7 Å². The Morgan fingerprint density at radius 3 is 2.81 bits per heavy atom. The van der Waals surface area contributed by atoms with E-state index >= 15 is 4.39 Å². The van der Waals surface area contributed by atoms with Gasteiger partial charge in [0.05, 0.1) is 11.5 Å². The first-order chi connectivity index (χ1) is 17.5. The number of fused-ring (bicyclic) bond motifs is 1. The molecule has 3 fully saturated rings. The summed E-state index contributed by atoms with van der Waals surface area (Å²) < 4.78 is 40.5. The van der Waals surface area contributed by atoms with Crippen molar-refractivity contribution in [2.75, 3.05) is 50.1 Å². The smallest absolute Gasteiger partial charge is 0.146 e. The Hall–Kier alpha value is -2.56. The first kappa shape index (κ1) is 23.8. The highest BCUT2D eigenvalue weighted by Crippen LogP contribution is 2.44. The molecule has 2 N–H and O–H groups in total. The van der Waals surface area contributed by atoms with Crippen LogP contribution in [0.4, 0.5) is 10.2 Å². The minimum Gasteiger partial charge on any atom is -0.491 e. The van der Waals surface area contributed by atoms with E-state index < -0.39 is 10.8 Å². The van der Waals surface area contributed by atoms with Gasteiger partial charge in [-0.2, -0.15) is 0 Å². The summed E-state index contributed by atoms with van der Waals surface area (Å²) in [6.45, 7) is 4.09. The van der Waals surface area contributed by atoms with E-state index in [1.165, 1.54) is 12.4 Å². The van der Waals surface area contributed by atoms with Crippen LogP contribution in [0.3, 0.4) is 0 Å². The van der Waals surface area contributed by atoms with Crippen LogP contribution in [-0.2, 0) is 15.5 Å². The molecule has 3 aromatic rings. The van der Waals surface area contributed by atoms with Gasteiger partial charge in [0.1, 0.15) is 36.0 Å². The lowest BCUT2D eigenvalue weighted by atomic mass is 9.79. The maximum absolute atomic E-state index is 15.1. The first-order valence-corrected chi connectivity index (χ1v) is 14.3. The molecule has 2 aromatic heterocycles. The third-order valence-electron chi connectivity index (χ3n) is 7.72. The summed E-state index contributed by atoms with van der Waals surface area (Å²) in [5.74, 6) is 2.75. The molecule has 0 amide bonds. The lowest BCUT2D eigenvalue weighted by Crippen LogP contribution is -2.43. The molecule has 0 bridgehead atoms. The van der Waals surface area contributed by atoms with E-state index in [0.717, 1.165) is 69.1 Å². The molecule has 3 aliphatic rings. The summed E-state index contributed by atoms with van der Waals surface area (Å²) in [5, 5.41) is 0.676. The number of halogens is 1. The summed E-state index contributed by atoms with van der Waals surface area (Å²) in [7, 11) is -0.654. The van der Waals surface area contributed by atoms with E-state index in [1.54, 1.807) is 12.1 Å². The molecule has 10 heteroatoms. The van der Waals surface area contributed by atoms with E-state index in [9.17, 15) is 4.21 Å². The largest absolute Gasteiger partial charge is 0.491 e. The predicted molar refractivity (Wildman–Crippen MR) is 138 cm³/mol. The zero-order valence-electron chi connectivity index (χ0n) is 20.3. The van der Waals surface area contributed by atoms with Crippen LogP contribution in [0.1, 0.15) is 31.7 Å². The molecule has 8 nitrogen and oxygen atoms in total. The maximum Gasteiger partial charge on any atom is 0.146 e. The molecule has 192 valence electrons. The highest BCUT2D eigenvalue weighted by atomic mass is 32.2. The Morgan fingerprint density at radius 1 is 1.19 bits per heavy atom. The van der Waals surface area contributed by atoms with Crippen LogP contribution < -0.4 is 10.5 Å². The quantitative estimate of drug-likeness (QED) is 0.517. The molecule has 2 aliphatic heterocycles. The Labute approximate surface area is 212 Å². The topological polar surface area (TPSA) is 95.5 Å². The van der Waals surface area contributed by atoms with Crippen LogP contribution in [-0.4, -0.2) is 74.1 Å². The van der Waals surface area contributed by atoms with Gasteiger partial charge in [-0.05, 0) is 49.8 Å². The molecule has 36 heavy (non-hydrogen) atoms. The zero-order valence-corrected chi connectivity index (χ0v) is 21.1. The lowest BCUT2D eigenvalue weighted by Gasteiger charge is -2.40.